The van der Waals surface area contributed by atoms with Crippen molar-refractivity contribution in [2.75, 3.05) is 0 Å². The molecule has 1 aromatic heterocycles. The summed E-state index contributed by atoms with van der Waals surface area (Å²) < 4.78 is 0. The lowest BCUT2D eigenvalue weighted by Crippen LogP contribution is -2.27. The average Bonchev–Trinajstić information content (AvgIpc) is 2.85. The van der Waals surface area contributed by atoms with E-state index in [0.29, 0.717) is 0 Å². The van der Waals surface area contributed by atoms with E-state index in [1.165, 1.54) is 23.5 Å². The number of nitrogens with zero attached hydrogens (tertiary/aromatic N) is 2. The second kappa shape index (κ2) is 6.19. The predicted molar refractivity (Wildman–Crippen MR) is 80.8 cm³/mol. The van der Waals surface area contributed by atoms with Gasteiger partial charge in [-0.2, -0.15) is 0 Å². The van der Waals surface area contributed by atoms with Gasteiger partial charge in [-0.3, -0.25) is 14.9 Å². The Morgan fingerprint density at radius 3 is 2.81 bits per heavy atom. The van der Waals surface area contributed by atoms with Gasteiger partial charge in [0.1, 0.15) is 5.56 Å². The van der Waals surface area contributed by atoms with Gasteiger partial charge in [0.15, 0.2) is 0 Å². The second-order valence-electron chi connectivity index (χ2n) is 4.41. The van der Waals surface area contributed by atoms with Crippen LogP contribution in [0.4, 0.5) is 5.69 Å². The van der Waals surface area contributed by atoms with Gasteiger partial charge in [0.2, 0.25) is 0 Å². The molecule has 1 amide bonds. The van der Waals surface area contributed by atoms with Gasteiger partial charge in [-0.05, 0) is 26.0 Å². The number of hydrogen-bond acceptors (Lipinski definition) is 5. The number of benzene rings is 1. The first-order valence-corrected chi connectivity index (χ1v) is 7.31. The van der Waals surface area contributed by atoms with Crippen molar-refractivity contribution in [2.45, 2.75) is 19.9 Å². The molecular formula is C13H12ClN3O3S. The summed E-state index contributed by atoms with van der Waals surface area (Å²) in [5.41, 5.74) is 0.382. The first-order valence-electron chi connectivity index (χ1n) is 6.05. The molecule has 0 aliphatic carbocycles. The van der Waals surface area contributed by atoms with Crippen LogP contribution in [0.5, 0.6) is 0 Å². The first-order chi connectivity index (χ1) is 9.88. The number of hydrogen-bond donors (Lipinski definition) is 1. The lowest BCUT2D eigenvalue weighted by atomic mass is 10.1. The molecule has 1 atom stereocenters. The number of halogens is 1. The van der Waals surface area contributed by atoms with Crippen molar-refractivity contribution in [3.63, 3.8) is 0 Å². The summed E-state index contributed by atoms with van der Waals surface area (Å²) in [7, 11) is 0. The molecule has 1 N–H and O–H groups in total. The zero-order valence-electron chi connectivity index (χ0n) is 11.3. The van der Waals surface area contributed by atoms with Crippen LogP contribution in [-0.2, 0) is 0 Å². The molecule has 0 aliphatic rings. The smallest absolute Gasteiger partial charge is 0.283 e. The predicted octanol–water partition coefficient (Wildman–Crippen LogP) is 3.50. The molecule has 1 unspecified atom stereocenters. The fourth-order valence-corrected chi connectivity index (χ4v) is 2.65. The van der Waals surface area contributed by atoms with Crippen molar-refractivity contribution in [3.8, 4) is 0 Å². The highest BCUT2D eigenvalue weighted by Crippen LogP contribution is 2.24. The molecule has 110 valence electrons. The van der Waals surface area contributed by atoms with E-state index in [1.54, 1.807) is 6.92 Å². The van der Waals surface area contributed by atoms with Crippen LogP contribution < -0.4 is 5.32 Å². The van der Waals surface area contributed by atoms with Crippen molar-refractivity contribution in [1.82, 2.24) is 10.3 Å². The van der Waals surface area contributed by atoms with E-state index in [9.17, 15) is 14.9 Å². The number of carbonyl (C=O) groups is 1. The Kier molecular flexibility index (Phi) is 4.54. The highest BCUT2D eigenvalue weighted by molar-refractivity contribution is 7.09. The number of carbonyl (C=O) groups excluding carboxylic acids is 1. The van der Waals surface area contributed by atoms with E-state index in [0.717, 1.165) is 16.8 Å². The van der Waals surface area contributed by atoms with Crippen molar-refractivity contribution < 1.29 is 9.72 Å². The van der Waals surface area contributed by atoms with Gasteiger partial charge >= 0.3 is 0 Å². The van der Waals surface area contributed by atoms with Crippen LogP contribution in [-0.4, -0.2) is 15.8 Å². The molecule has 0 saturated heterocycles. The van der Waals surface area contributed by atoms with Crippen LogP contribution in [0.2, 0.25) is 5.02 Å². The second-order valence-corrected chi connectivity index (χ2v) is 5.90. The zero-order chi connectivity index (χ0) is 15.6. The summed E-state index contributed by atoms with van der Waals surface area (Å²) >= 11 is 7.20. The summed E-state index contributed by atoms with van der Waals surface area (Å²) in [4.78, 5) is 26.8. The van der Waals surface area contributed by atoms with E-state index in [2.05, 4.69) is 10.3 Å². The third kappa shape index (κ3) is 3.56. The van der Waals surface area contributed by atoms with Crippen LogP contribution in [0.15, 0.2) is 23.6 Å². The minimum atomic E-state index is -0.627. The van der Waals surface area contributed by atoms with Gasteiger partial charge in [0, 0.05) is 16.5 Å². The summed E-state index contributed by atoms with van der Waals surface area (Å²) in [5, 5.41) is 16.6. The third-order valence-corrected chi connectivity index (χ3v) is 3.86. The Balaban J connectivity index is 2.22. The van der Waals surface area contributed by atoms with E-state index >= 15 is 0 Å². The Morgan fingerprint density at radius 1 is 1.52 bits per heavy atom. The van der Waals surface area contributed by atoms with Gasteiger partial charge in [-0.25, -0.2) is 4.98 Å². The number of nitro groups is 1. The standard InChI is InChI=1S/C13H12ClN3O3S/c1-7(11-6-21-8(2)16-11)15-13(18)10-4-3-9(14)5-12(10)17(19)20/h3-7H,1-2H3,(H,15,18). The highest BCUT2D eigenvalue weighted by Gasteiger charge is 2.22. The summed E-state index contributed by atoms with van der Waals surface area (Å²) in [6, 6.07) is 3.61. The maximum absolute atomic E-state index is 12.2. The van der Waals surface area contributed by atoms with Crippen molar-refractivity contribution in [2.24, 2.45) is 0 Å². The largest absolute Gasteiger partial charge is 0.344 e. The molecule has 0 aliphatic heterocycles. The number of rotatable bonds is 4. The van der Waals surface area contributed by atoms with Crippen molar-refractivity contribution in [1.29, 1.82) is 0 Å². The Labute approximate surface area is 129 Å². The van der Waals surface area contributed by atoms with Crippen LogP contribution in [0.1, 0.15) is 34.0 Å². The fourth-order valence-electron chi connectivity index (χ4n) is 1.78. The Hall–Kier alpha value is -1.99. The lowest BCUT2D eigenvalue weighted by Gasteiger charge is -2.11. The average molecular weight is 326 g/mol. The Bertz CT molecular complexity index is 702. The molecule has 2 aromatic rings. The number of amides is 1. The molecule has 2 rings (SSSR count). The number of nitro benzene ring substituents is 1. The molecule has 0 spiro atoms. The molecule has 1 heterocycles. The third-order valence-electron chi connectivity index (χ3n) is 2.83. The molecule has 0 bridgehead atoms. The normalized spacial score (nSPS) is 12.0. The topological polar surface area (TPSA) is 85.1 Å². The SMILES string of the molecule is Cc1nc(C(C)NC(=O)c2ccc(Cl)cc2[N+](=O)[O-])cs1. The molecule has 8 heteroatoms. The lowest BCUT2D eigenvalue weighted by molar-refractivity contribution is -0.385. The van der Waals surface area contributed by atoms with E-state index < -0.39 is 10.8 Å². The molecule has 1 aromatic carbocycles. The van der Waals surface area contributed by atoms with E-state index in [-0.39, 0.29) is 22.3 Å². The maximum atomic E-state index is 12.2. The van der Waals surface area contributed by atoms with Gasteiger partial charge in [0.05, 0.1) is 21.7 Å². The van der Waals surface area contributed by atoms with Gasteiger partial charge in [-0.1, -0.05) is 11.6 Å². The van der Waals surface area contributed by atoms with E-state index in [1.807, 2.05) is 12.3 Å². The molecule has 6 nitrogen and oxygen atoms in total. The van der Waals surface area contributed by atoms with Gasteiger partial charge < -0.3 is 5.32 Å². The summed E-state index contributed by atoms with van der Waals surface area (Å²) in [6.07, 6.45) is 0. The first kappa shape index (κ1) is 15.4. The van der Waals surface area contributed by atoms with E-state index in [4.69, 9.17) is 11.6 Å². The molecule has 0 fully saturated rings. The number of thiazole rings is 1. The van der Waals surface area contributed by atoms with Crippen LogP contribution in [0.25, 0.3) is 0 Å². The van der Waals surface area contributed by atoms with Gasteiger partial charge in [0.25, 0.3) is 11.6 Å². The number of aryl methyl sites for hydroxylation is 1. The minimum Gasteiger partial charge on any atom is -0.344 e. The fraction of sp³-hybridized carbons (Fsp3) is 0.231. The molecule has 21 heavy (non-hydrogen) atoms. The Morgan fingerprint density at radius 2 is 2.24 bits per heavy atom. The molecule has 0 radical (unpaired) electrons. The highest BCUT2D eigenvalue weighted by atomic mass is 35.5. The molecule has 0 saturated carbocycles. The van der Waals surface area contributed by atoms with Crippen molar-refractivity contribution >= 4 is 34.5 Å². The quantitative estimate of drug-likeness (QED) is 0.688. The van der Waals surface area contributed by atoms with Crippen LogP contribution >= 0.6 is 22.9 Å². The monoisotopic (exact) mass is 325 g/mol. The van der Waals surface area contributed by atoms with Crippen molar-refractivity contribution in [3.05, 3.63) is 55.0 Å². The summed E-state index contributed by atoms with van der Waals surface area (Å²) in [6.45, 7) is 3.64. The maximum Gasteiger partial charge on any atom is 0.283 e. The molecular weight excluding hydrogens is 314 g/mol. The van der Waals surface area contributed by atoms with Gasteiger partial charge in [-0.15, -0.1) is 11.3 Å². The van der Waals surface area contributed by atoms with Crippen LogP contribution in [0, 0.1) is 17.0 Å². The van der Waals surface area contributed by atoms with Crippen LogP contribution in [0.3, 0.4) is 0 Å². The minimum absolute atomic E-state index is 0.0248. The number of nitrogens with one attached hydrogen (secondary N) is 1. The number of aromatic nitrogens is 1. The zero-order valence-corrected chi connectivity index (χ0v) is 12.9. The summed E-state index contributed by atoms with van der Waals surface area (Å²) in [5.74, 6) is -0.531.